The zero-order chi connectivity index (χ0) is 17.5. The van der Waals surface area contributed by atoms with Gasteiger partial charge in [-0.3, -0.25) is 0 Å². The van der Waals surface area contributed by atoms with Gasteiger partial charge in [0.05, 0.1) is 14.2 Å². The number of benzene rings is 2. The Hall–Kier alpha value is -3.22. The summed E-state index contributed by atoms with van der Waals surface area (Å²) in [5, 5.41) is 0.921. The highest BCUT2D eigenvalue weighted by atomic mass is 16.6. The Morgan fingerprint density at radius 2 is 1.67 bits per heavy atom. The number of hydrazine groups is 1. The van der Waals surface area contributed by atoms with Crippen molar-refractivity contribution in [3.05, 3.63) is 54.1 Å². The minimum absolute atomic E-state index is 0.308. The molecule has 2 aromatic carbocycles. The van der Waals surface area contributed by atoms with Gasteiger partial charge in [0.15, 0.2) is 0 Å². The smallest absolute Gasteiger partial charge is 0.439 e. The van der Waals surface area contributed by atoms with Gasteiger partial charge in [0.1, 0.15) is 17.2 Å². The molecule has 2 rings (SSSR count). The van der Waals surface area contributed by atoms with Crippen LogP contribution in [0.15, 0.2) is 48.5 Å². The van der Waals surface area contributed by atoms with E-state index in [1.807, 2.05) is 19.1 Å². The molecule has 7 heteroatoms. The molecular weight excluding hydrogens is 312 g/mol. The van der Waals surface area contributed by atoms with E-state index in [-0.39, 0.29) is 0 Å². The van der Waals surface area contributed by atoms with Crippen LogP contribution in [0.2, 0.25) is 0 Å². The van der Waals surface area contributed by atoms with Crippen molar-refractivity contribution < 1.29 is 23.8 Å². The molecule has 1 N–H and O–H groups in total. The maximum atomic E-state index is 12.5. The third kappa shape index (κ3) is 4.16. The van der Waals surface area contributed by atoms with Gasteiger partial charge in [-0.1, -0.05) is 29.8 Å². The fraction of sp³-hybridized carbons (Fsp3) is 0.176. The highest BCUT2D eigenvalue weighted by Crippen LogP contribution is 2.27. The monoisotopic (exact) mass is 330 g/mol. The van der Waals surface area contributed by atoms with Crippen molar-refractivity contribution in [2.24, 2.45) is 0 Å². The van der Waals surface area contributed by atoms with Crippen molar-refractivity contribution in [3.8, 4) is 11.5 Å². The van der Waals surface area contributed by atoms with Crippen molar-refractivity contribution in [2.75, 3.05) is 19.2 Å². The molecule has 2 aromatic rings. The zero-order valence-corrected chi connectivity index (χ0v) is 13.6. The first-order valence-corrected chi connectivity index (χ1v) is 7.11. The number of carbonyl (C=O) groups is 2. The second-order valence-electron chi connectivity index (χ2n) is 4.79. The van der Waals surface area contributed by atoms with Crippen LogP contribution in [0.25, 0.3) is 0 Å². The van der Waals surface area contributed by atoms with Crippen LogP contribution >= 0.6 is 0 Å². The predicted molar refractivity (Wildman–Crippen MR) is 88.2 cm³/mol. The average molecular weight is 330 g/mol. The van der Waals surface area contributed by atoms with Crippen LogP contribution in [0.1, 0.15) is 5.56 Å². The Morgan fingerprint density at radius 3 is 2.29 bits per heavy atom. The summed E-state index contributed by atoms with van der Waals surface area (Å²) < 4.78 is 15.1. The summed E-state index contributed by atoms with van der Waals surface area (Å²) in [4.78, 5) is 24.1. The maximum Gasteiger partial charge on any atom is 0.439 e. The van der Waals surface area contributed by atoms with Gasteiger partial charge >= 0.3 is 12.2 Å². The van der Waals surface area contributed by atoms with E-state index < -0.39 is 12.2 Å². The molecule has 0 atom stereocenters. The van der Waals surface area contributed by atoms with Gasteiger partial charge in [0.25, 0.3) is 0 Å². The Labute approximate surface area is 139 Å². The van der Waals surface area contributed by atoms with Crippen molar-refractivity contribution in [1.29, 1.82) is 0 Å². The molecule has 0 aromatic heterocycles. The third-order valence-electron chi connectivity index (χ3n) is 3.12. The summed E-state index contributed by atoms with van der Waals surface area (Å²) in [5.41, 5.74) is 3.65. The molecule has 0 radical (unpaired) electrons. The lowest BCUT2D eigenvalue weighted by molar-refractivity contribution is 0.165. The quantitative estimate of drug-likeness (QED) is 0.874. The van der Waals surface area contributed by atoms with Gasteiger partial charge < -0.3 is 14.2 Å². The van der Waals surface area contributed by atoms with Gasteiger partial charge in [0, 0.05) is 0 Å². The van der Waals surface area contributed by atoms with Crippen LogP contribution in [0.4, 0.5) is 15.3 Å². The summed E-state index contributed by atoms with van der Waals surface area (Å²) in [6, 6.07) is 13.6. The molecule has 2 amide bonds. The molecular formula is C17H18N2O5. The van der Waals surface area contributed by atoms with Gasteiger partial charge in [-0.25, -0.2) is 15.0 Å². The lowest BCUT2D eigenvalue weighted by Gasteiger charge is -2.23. The lowest BCUT2D eigenvalue weighted by atomic mass is 10.2. The number of amides is 2. The molecule has 0 aliphatic carbocycles. The molecule has 126 valence electrons. The zero-order valence-electron chi connectivity index (χ0n) is 13.6. The number of hydrogen-bond acceptors (Lipinski definition) is 5. The van der Waals surface area contributed by atoms with Crippen molar-refractivity contribution in [1.82, 2.24) is 5.43 Å². The van der Waals surface area contributed by atoms with Crippen molar-refractivity contribution in [2.45, 2.75) is 6.92 Å². The number of nitrogens with zero attached hydrogens (tertiary/aromatic N) is 1. The number of rotatable bonds is 3. The Bertz CT molecular complexity index is 715. The third-order valence-corrected chi connectivity index (χ3v) is 3.12. The minimum Gasteiger partial charge on any atom is -0.494 e. The van der Waals surface area contributed by atoms with E-state index in [9.17, 15) is 9.59 Å². The van der Waals surface area contributed by atoms with Crippen LogP contribution in [0, 0.1) is 6.92 Å². The van der Waals surface area contributed by atoms with E-state index in [0.717, 1.165) is 10.6 Å². The largest absolute Gasteiger partial charge is 0.494 e. The molecule has 0 fully saturated rings. The number of anilines is 1. The van der Waals surface area contributed by atoms with Crippen LogP contribution in [0.5, 0.6) is 11.5 Å². The van der Waals surface area contributed by atoms with E-state index in [4.69, 9.17) is 9.47 Å². The van der Waals surface area contributed by atoms with Crippen molar-refractivity contribution >= 4 is 17.9 Å². The van der Waals surface area contributed by atoms with Crippen LogP contribution < -0.4 is 19.9 Å². The Morgan fingerprint density at radius 1 is 1.00 bits per heavy atom. The van der Waals surface area contributed by atoms with Crippen LogP contribution in [-0.4, -0.2) is 26.4 Å². The van der Waals surface area contributed by atoms with E-state index >= 15 is 0 Å². The number of methoxy groups -OCH3 is 2. The Kier molecular flexibility index (Phi) is 5.62. The normalized spacial score (nSPS) is 9.79. The number of nitrogens with one attached hydrogen (secondary N) is 1. The Balaban J connectivity index is 2.29. The topological polar surface area (TPSA) is 77.1 Å². The molecule has 0 unspecified atom stereocenters. The average Bonchev–Trinajstić information content (AvgIpc) is 2.61. The first-order chi connectivity index (χ1) is 11.5. The second kappa shape index (κ2) is 7.87. The predicted octanol–water partition coefficient (Wildman–Crippen LogP) is 3.28. The van der Waals surface area contributed by atoms with Crippen molar-refractivity contribution in [3.63, 3.8) is 0 Å². The minimum atomic E-state index is -0.818. The molecule has 0 saturated heterocycles. The SMILES string of the molecule is COC(=O)NN(C(=O)Oc1ccc(C)cc1)c1ccccc1OC. The number of para-hydroxylation sites is 2. The summed E-state index contributed by atoms with van der Waals surface area (Å²) in [7, 11) is 2.65. The highest BCUT2D eigenvalue weighted by molar-refractivity contribution is 5.93. The van der Waals surface area contributed by atoms with Crippen LogP contribution in [0.3, 0.4) is 0 Å². The lowest BCUT2D eigenvalue weighted by Crippen LogP contribution is -2.48. The van der Waals surface area contributed by atoms with E-state index in [1.165, 1.54) is 14.2 Å². The van der Waals surface area contributed by atoms with E-state index in [0.29, 0.717) is 17.2 Å². The fourth-order valence-corrected chi connectivity index (χ4v) is 1.91. The van der Waals surface area contributed by atoms with Gasteiger partial charge in [0.2, 0.25) is 0 Å². The molecule has 24 heavy (non-hydrogen) atoms. The van der Waals surface area contributed by atoms with E-state index in [1.54, 1.807) is 36.4 Å². The molecule has 0 bridgehead atoms. The summed E-state index contributed by atoms with van der Waals surface area (Å²) >= 11 is 0. The number of carbonyl (C=O) groups excluding carboxylic acids is 2. The molecule has 0 spiro atoms. The highest BCUT2D eigenvalue weighted by Gasteiger charge is 2.24. The number of hydrogen-bond donors (Lipinski definition) is 1. The summed E-state index contributed by atoms with van der Waals surface area (Å²) in [6.45, 7) is 1.92. The fourth-order valence-electron chi connectivity index (χ4n) is 1.91. The summed E-state index contributed by atoms with van der Waals surface area (Å²) in [5.74, 6) is 0.729. The first-order valence-electron chi connectivity index (χ1n) is 7.11. The van der Waals surface area contributed by atoms with Gasteiger partial charge in [-0.2, -0.15) is 5.01 Å². The maximum absolute atomic E-state index is 12.5. The second-order valence-corrected chi connectivity index (χ2v) is 4.79. The first kappa shape index (κ1) is 17.1. The summed E-state index contributed by atoms with van der Waals surface area (Å²) in [6.07, 6.45) is -1.63. The van der Waals surface area contributed by atoms with Gasteiger partial charge in [-0.05, 0) is 31.2 Å². The van der Waals surface area contributed by atoms with Gasteiger partial charge in [-0.15, -0.1) is 0 Å². The van der Waals surface area contributed by atoms with Crippen LogP contribution in [-0.2, 0) is 4.74 Å². The number of ether oxygens (including phenoxy) is 3. The molecule has 0 saturated carbocycles. The molecule has 0 aliphatic rings. The number of aryl methyl sites for hydroxylation is 1. The molecule has 7 nitrogen and oxygen atoms in total. The standard InChI is InChI=1S/C17H18N2O5/c1-12-8-10-13(11-9-12)24-17(21)19(18-16(20)23-3)14-6-4-5-7-15(14)22-2/h4-11H,1-3H3,(H,18,20). The molecule has 0 heterocycles. The van der Waals surface area contributed by atoms with E-state index in [2.05, 4.69) is 10.2 Å². The molecule has 0 aliphatic heterocycles.